The van der Waals surface area contributed by atoms with Crippen LogP contribution in [0, 0.1) is 0 Å². The quantitative estimate of drug-likeness (QED) is 0.764. The number of allylic oxidation sites excluding steroid dienone is 1. The number of benzene rings is 1. The van der Waals surface area contributed by atoms with Gasteiger partial charge in [0.25, 0.3) is 0 Å². The van der Waals surface area contributed by atoms with Crippen LogP contribution in [-0.2, 0) is 0 Å². The molecule has 2 rings (SSSR count). The number of nitrogens with zero attached hydrogens (tertiary/aromatic N) is 5. The first-order valence-corrected chi connectivity index (χ1v) is 5.59. The van der Waals surface area contributed by atoms with E-state index in [0.717, 1.165) is 11.3 Å². The lowest BCUT2D eigenvalue weighted by atomic mass is 10.1. The van der Waals surface area contributed by atoms with Crippen molar-refractivity contribution in [3.8, 4) is 0 Å². The van der Waals surface area contributed by atoms with Gasteiger partial charge >= 0.3 is 0 Å². The molecule has 1 aromatic heterocycles. The predicted molar refractivity (Wildman–Crippen MR) is 71.2 cm³/mol. The highest BCUT2D eigenvalue weighted by molar-refractivity contribution is 6.08. The first-order valence-electron chi connectivity index (χ1n) is 5.59. The van der Waals surface area contributed by atoms with Crippen LogP contribution >= 0.6 is 0 Å². The van der Waals surface area contributed by atoms with Gasteiger partial charge in [0.2, 0.25) is 0 Å². The van der Waals surface area contributed by atoms with E-state index in [-0.39, 0.29) is 0 Å². The van der Waals surface area contributed by atoms with Gasteiger partial charge in [-0.05, 0) is 6.08 Å². The Balaban J connectivity index is 2.35. The summed E-state index contributed by atoms with van der Waals surface area (Å²) in [7, 11) is 3.94. The van der Waals surface area contributed by atoms with Crippen molar-refractivity contribution in [3.63, 3.8) is 0 Å². The average Bonchev–Trinajstić information content (AvgIpc) is 2.88. The van der Waals surface area contributed by atoms with E-state index in [2.05, 4.69) is 15.3 Å². The Bertz CT molecular complexity index is 526. The zero-order valence-corrected chi connectivity index (χ0v) is 10.4. The largest absolute Gasteiger partial charge is 0.383 e. The molecule has 0 saturated heterocycles. The van der Waals surface area contributed by atoms with E-state index in [0.29, 0.717) is 0 Å². The summed E-state index contributed by atoms with van der Waals surface area (Å²) in [6, 6.07) is 9.99. The minimum Gasteiger partial charge on any atom is -0.383 e. The van der Waals surface area contributed by atoms with E-state index in [1.54, 1.807) is 17.3 Å². The van der Waals surface area contributed by atoms with Gasteiger partial charge in [-0.1, -0.05) is 30.3 Å². The van der Waals surface area contributed by atoms with E-state index in [1.165, 1.54) is 0 Å². The van der Waals surface area contributed by atoms with Crippen molar-refractivity contribution in [2.45, 2.75) is 0 Å². The minimum atomic E-state index is 0.851. The standard InChI is InChI=1S/C13H15N5/c1-17(2)9-8-13(12-6-4-3-5-7-12)16-18-10-14-15-11-18/h3-11H,1-2H3/b9-8+,16-13+. The van der Waals surface area contributed by atoms with Gasteiger partial charge < -0.3 is 4.90 Å². The van der Waals surface area contributed by atoms with Gasteiger partial charge in [0.05, 0.1) is 5.71 Å². The first-order chi connectivity index (χ1) is 8.75. The highest BCUT2D eigenvalue weighted by Crippen LogP contribution is 2.03. The van der Waals surface area contributed by atoms with Gasteiger partial charge in [0.1, 0.15) is 12.7 Å². The summed E-state index contributed by atoms with van der Waals surface area (Å²) in [6.45, 7) is 0. The molecule has 0 saturated carbocycles. The second-order valence-corrected chi connectivity index (χ2v) is 3.97. The molecule has 1 heterocycles. The molecule has 1 aromatic carbocycles. The van der Waals surface area contributed by atoms with Crippen LogP contribution in [0.4, 0.5) is 0 Å². The summed E-state index contributed by atoms with van der Waals surface area (Å²) in [5, 5.41) is 11.9. The molecule has 0 aliphatic rings. The molecule has 0 radical (unpaired) electrons. The Morgan fingerprint density at radius 3 is 2.44 bits per heavy atom. The molecule has 2 aromatic rings. The van der Waals surface area contributed by atoms with Crippen molar-refractivity contribution in [2.24, 2.45) is 5.10 Å². The van der Waals surface area contributed by atoms with Gasteiger partial charge in [-0.25, -0.2) is 4.68 Å². The maximum atomic E-state index is 4.46. The molecule has 5 nitrogen and oxygen atoms in total. The molecular weight excluding hydrogens is 226 g/mol. The van der Waals surface area contributed by atoms with Crippen LogP contribution in [0.25, 0.3) is 0 Å². The maximum absolute atomic E-state index is 4.46. The molecule has 0 N–H and O–H groups in total. The van der Waals surface area contributed by atoms with Crippen molar-refractivity contribution in [1.29, 1.82) is 0 Å². The molecule has 0 aliphatic carbocycles. The van der Waals surface area contributed by atoms with Crippen molar-refractivity contribution in [3.05, 3.63) is 60.8 Å². The summed E-state index contributed by atoms with van der Waals surface area (Å²) in [4.78, 5) is 1.96. The van der Waals surface area contributed by atoms with Gasteiger partial charge in [-0.3, -0.25) is 0 Å². The van der Waals surface area contributed by atoms with Crippen LogP contribution in [-0.4, -0.2) is 39.6 Å². The lowest BCUT2D eigenvalue weighted by molar-refractivity contribution is 0.564. The van der Waals surface area contributed by atoms with Crippen molar-refractivity contribution >= 4 is 5.71 Å². The molecule has 0 atom stereocenters. The van der Waals surface area contributed by atoms with Crippen LogP contribution in [0.5, 0.6) is 0 Å². The monoisotopic (exact) mass is 241 g/mol. The maximum Gasteiger partial charge on any atom is 0.141 e. The molecule has 0 fully saturated rings. The summed E-state index contributed by atoms with van der Waals surface area (Å²) in [6.07, 6.45) is 7.03. The van der Waals surface area contributed by atoms with E-state index in [9.17, 15) is 0 Å². The topological polar surface area (TPSA) is 46.3 Å². The van der Waals surface area contributed by atoms with Gasteiger partial charge in [0, 0.05) is 25.9 Å². The molecule has 92 valence electrons. The Labute approximate surface area is 106 Å². The van der Waals surface area contributed by atoms with Crippen molar-refractivity contribution in [2.75, 3.05) is 14.1 Å². The van der Waals surface area contributed by atoms with Crippen molar-refractivity contribution in [1.82, 2.24) is 19.8 Å². The molecule has 0 bridgehead atoms. The molecule has 5 heteroatoms. The fourth-order valence-electron chi connectivity index (χ4n) is 1.39. The summed E-state index contributed by atoms with van der Waals surface area (Å²) in [5.41, 5.74) is 1.90. The summed E-state index contributed by atoms with van der Waals surface area (Å²) < 4.78 is 1.59. The molecule has 0 unspecified atom stereocenters. The van der Waals surface area contributed by atoms with Gasteiger partial charge in [-0.15, -0.1) is 10.2 Å². The SMILES string of the molecule is CN(C)/C=C/C(=N\n1cnnc1)c1ccccc1. The molecular formula is C13H15N5. The lowest BCUT2D eigenvalue weighted by Gasteiger charge is -2.05. The number of aromatic nitrogens is 3. The molecule has 18 heavy (non-hydrogen) atoms. The second kappa shape index (κ2) is 5.77. The predicted octanol–water partition coefficient (Wildman–Crippen LogP) is 1.61. The Kier molecular flexibility index (Phi) is 3.86. The third kappa shape index (κ3) is 3.28. The second-order valence-electron chi connectivity index (χ2n) is 3.97. The Morgan fingerprint density at radius 2 is 1.83 bits per heavy atom. The zero-order chi connectivity index (χ0) is 12.8. The normalized spacial score (nSPS) is 12.0. The third-order valence-electron chi connectivity index (χ3n) is 2.23. The van der Waals surface area contributed by atoms with Crippen molar-refractivity contribution < 1.29 is 0 Å². The molecule has 0 spiro atoms. The Morgan fingerprint density at radius 1 is 1.17 bits per heavy atom. The molecule has 0 aliphatic heterocycles. The van der Waals surface area contributed by atoms with Crippen LogP contribution < -0.4 is 0 Å². The Hall–Kier alpha value is -2.43. The average molecular weight is 241 g/mol. The number of hydrogen-bond donors (Lipinski definition) is 0. The fraction of sp³-hybridized carbons (Fsp3) is 0.154. The summed E-state index contributed by atoms with van der Waals surface area (Å²) in [5.74, 6) is 0. The highest BCUT2D eigenvalue weighted by Gasteiger charge is 1.99. The van der Waals surface area contributed by atoms with E-state index >= 15 is 0 Å². The van der Waals surface area contributed by atoms with Gasteiger partial charge in [-0.2, -0.15) is 5.10 Å². The number of rotatable bonds is 4. The number of hydrogen-bond acceptors (Lipinski definition) is 4. The van der Waals surface area contributed by atoms with Crippen LogP contribution in [0.2, 0.25) is 0 Å². The third-order valence-corrected chi connectivity index (χ3v) is 2.23. The highest BCUT2D eigenvalue weighted by atomic mass is 15.4. The van der Waals surface area contributed by atoms with Gasteiger partial charge in [0.15, 0.2) is 0 Å². The van der Waals surface area contributed by atoms with E-state index < -0.39 is 0 Å². The smallest absolute Gasteiger partial charge is 0.141 e. The fourth-order valence-corrected chi connectivity index (χ4v) is 1.39. The zero-order valence-electron chi connectivity index (χ0n) is 10.4. The lowest BCUT2D eigenvalue weighted by Crippen LogP contribution is -2.05. The van der Waals surface area contributed by atoms with E-state index in [4.69, 9.17) is 0 Å². The summed E-state index contributed by atoms with van der Waals surface area (Å²) >= 11 is 0. The van der Waals surface area contributed by atoms with Crippen LogP contribution in [0.3, 0.4) is 0 Å². The van der Waals surface area contributed by atoms with E-state index in [1.807, 2.05) is 61.6 Å². The minimum absolute atomic E-state index is 0.851. The van der Waals surface area contributed by atoms with Crippen LogP contribution in [0.15, 0.2) is 60.4 Å². The molecule has 0 amide bonds. The van der Waals surface area contributed by atoms with Crippen LogP contribution in [0.1, 0.15) is 5.56 Å². The first kappa shape index (κ1) is 12.0.